The molecule has 146 valence electrons. The molecule has 1 aromatic carbocycles. The maximum absolute atomic E-state index is 13.3. The van der Waals surface area contributed by atoms with Crippen molar-refractivity contribution < 1.29 is 9.13 Å². The molecule has 27 heavy (non-hydrogen) atoms. The van der Waals surface area contributed by atoms with E-state index in [1.165, 1.54) is 17.7 Å². The van der Waals surface area contributed by atoms with Crippen molar-refractivity contribution in [3.05, 3.63) is 48.0 Å². The average Bonchev–Trinajstić information content (AvgIpc) is 3.25. The van der Waals surface area contributed by atoms with E-state index in [0.29, 0.717) is 18.2 Å². The molecular formula is C20H28FN5O. The van der Waals surface area contributed by atoms with E-state index in [0.717, 1.165) is 31.9 Å². The van der Waals surface area contributed by atoms with E-state index in [4.69, 9.17) is 4.74 Å². The molecule has 0 amide bonds. The van der Waals surface area contributed by atoms with Crippen molar-refractivity contribution in [2.75, 3.05) is 26.7 Å². The Morgan fingerprint density at radius 2 is 2.33 bits per heavy atom. The number of guanidine groups is 1. The van der Waals surface area contributed by atoms with Gasteiger partial charge < -0.3 is 15.0 Å². The summed E-state index contributed by atoms with van der Waals surface area (Å²) in [6, 6.07) is 6.22. The summed E-state index contributed by atoms with van der Waals surface area (Å²) in [5.41, 5.74) is 1.28. The molecule has 0 spiro atoms. The van der Waals surface area contributed by atoms with Gasteiger partial charge in [-0.25, -0.2) is 4.39 Å². The highest BCUT2D eigenvalue weighted by Gasteiger charge is 2.25. The number of aromatic nitrogens is 2. The molecule has 0 saturated carbocycles. The number of hydrogen-bond donors (Lipinski definition) is 1. The van der Waals surface area contributed by atoms with Crippen LogP contribution < -0.4 is 10.1 Å². The van der Waals surface area contributed by atoms with Crippen molar-refractivity contribution in [2.45, 2.75) is 25.9 Å². The number of aryl methyl sites for hydroxylation is 1. The zero-order valence-corrected chi connectivity index (χ0v) is 16.2. The van der Waals surface area contributed by atoms with Crippen LogP contribution >= 0.6 is 0 Å². The average molecular weight is 373 g/mol. The lowest BCUT2D eigenvalue weighted by Gasteiger charge is -2.23. The van der Waals surface area contributed by atoms with Gasteiger partial charge in [0.05, 0.1) is 12.7 Å². The maximum atomic E-state index is 13.3. The van der Waals surface area contributed by atoms with Crippen LogP contribution in [0.15, 0.2) is 41.7 Å². The van der Waals surface area contributed by atoms with Crippen molar-refractivity contribution in [1.29, 1.82) is 0 Å². The molecule has 3 rings (SSSR count). The molecule has 2 unspecified atom stereocenters. The van der Waals surface area contributed by atoms with Gasteiger partial charge in [0.1, 0.15) is 17.7 Å². The number of nitrogens with zero attached hydrogens (tertiary/aromatic N) is 4. The molecule has 1 aromatic heterocycles. The predicted molar refractivity (Wildman–Crippen MR) is 104 cm³/mol. The highest BCUT2D eigenvalue weighted by atomic mass is 19.1. The largest absolute Gasteiger partial charge is 0.489 e. The van der Waals surface area contributed by atoms with Gasteiger partial charge in [-0.2, -0.15) is 5.10 Å². The fourth-order valence-corrected chi connectivity index (χ4v) is 3.48. The van der Waals surface area contributed by atoms with Crippen molar-refractivity contribution in [3.8, 4) is 5.75 Å². The van der Waals surface area contributed by atoms with Crippen LogP contribution in [0.5, 0.6) is 5.75 Å². The molecule has 0 radical (unpaired) electrons. The second kappa shape index (κ2) is 8.88. The number of benzene rings is 1. The van der Waals surface area contributed by atoms with Gasteiger partial charge in [0.2, 0.25) is 0 Å². The minimum absolute atomic E-state index is 0.0997. The van der Waals surface area contributed by atoms with Crippen molar-refractivity contribution >= 4 is 5.96 Å². The highest BCUT2D eigenvalue weighted by Crippen LogP contribution is 2.20. The van der Waals surface area contributed by atoms with Crippen molar-refractivity contribution in [3.63, 3.8) is 0 Å². The van der Waals surface area contributed by atoms with E-state index >= 15 is 0 Å². The standard InChI is InChI=1S/C20H28FN5O/c1-15(27-19-6-4-5-18(21)10-19)11-23-20(22-2)26-8-7-16(14-26)9-17-12-24-25(3)13-17/h4-6,10,12-13,15-16H,7-9,11,14H2,1-3H3,(H,22,23). The summed E-state index contributed by atoms with van der Waals surface area (Å²) in [7, 11) is 3.75. The summed E-state index contributed by atoms with van der Waals surface area (Å²) >= 11 is 0. The second-order valence-electron chi connectivity index (χ2n) is 7.14. The first-order valence-electron chi connectivity index (χ1n) is 9.39. The number of rotatable bonds is 6. The summed E-state index contributed by atoms with van der Waals surface area (Å²) in [4.78, 5) is 6.70. The molecular weight excluding hydrogens is 345 g/mol. The van der Waals surface area contributed by atoms with Gasteiger partial charge in [0.15, 0.2) is 5.96 Å². The molecule has 7 heteroatoms. The predicted octanol–water partition coefficient (Wildman–Crippen LogP) is 2.47. The van der Waals surface area contributed by atoms with Crippen LogP contribution in [-0.4, -0.2) is 53.4 Å². The monoisotopic (exact) mass is 373 g/mol. The smallest absolute Gasteiger partial charge is 0.193 e. The Morgan fingerprint density at radius 1 is 1.48 bits per heavy atom. The fraction of sp³-hybridized carbons (Fsp3) is 0.500. The van der Waals surface area contributed by atoms with Gasteiger partial charge in [0.25, 0.3) is 0 Å². The van der Waals surface area contributed by atoms with Crippen LogP contribution in [0.2, 0.25) is 0 Å². The number of hydrogen-bond acceptors (Lipinski definition) is 3. The lowest BCUT2D eigenvalue weighted by Crippen LogP contribution is -2.43. The fourth-order valence-electron chi connectivity index (χ4n) is 3.48. The molecule has 1 aliphatic heterocycles. The molecule has 0 aliphatic carbocycles. The Labute approximate surface area is 160 Å². The Balaban J connectivity index is 1.46. The van der Waals surface area contributed by atoms with E-state index < -0.39 is 0 Å². The number of aliphatic imine (C=N–C) groups is 1. The SMILES string of the molecule is CN=C(NCC(C)Oc1cccc(F)c1)N1CCC(Cc2cnn(C)c2)C1. The Hall–Kier alpha value is -2.57. The zero-order valence-electron chi connectivity index (χ0n) is 16.2. The first-order valence-corrected chi connectivity index (χ1v) is 9.39. The summed E-state index contributed by atoms with van der Waals surface area (Å²) in [6.45, 7) is 4.53. The molecule has 1 saturated heterocycles. The molecule has 2 atom stereocenters. The van der Waals surface area contributed by atoms with Gasteiger partial charge in [-0.1, -0.05) is 6.07 Å². The minimum Gasteiger partial charge on any atom is -0.489 e. The van der Waals surface area contributed by atoms with E-state index in [2.05, 4.69) is 26.5 Å². The Bertz CT molecular complexity index is 775. The third-order valence-electron chi connectivity index (χ3n) is 4.76. The van der Waals surface area contributed by atoms with E-state index in [1.54, 1.807) is 19.2 Å². The number of likely N-dealkylation sites (tertiary alicyclic amines) is 1. The van der Waals surface area contributed by atoms with E-state index in [-0.39, 0.29) is 11.9 Å². The van der Waals surface area contributed by atoms with Gasteiger partial charge in [-0.15, -0.1) is 0 Å². The lowest BCUT2D eigenvalue weighted by atomic mass is 10.0. The molecule has 1 N–H and O–H groups in total. The molecule has 0 bridgehead atoms. The third-order valence-corrected chi connectivity index (χ3v) is 4.76. The molecule has 2 heterocycles. The van der Waals surface area contributed by atoms with Gasteiger partial charge in [-0.3, -0.25) is 9.67 Å². The molecule has 1 aliphatic rings. The second-order valence-corrected chi connectivity index (χ2v) is 7.14. The normalized spacial score (nSPS) is 18.6. The summed E-state index contributed by atoms with van der Waals surface area (Å²) in [5.74, 6) is 1.74. The number of halogens is 1. The topological polar surface area (TPSA) is 54.7 Å². The summed E-state index contributed by atoms with van der Waals surface area (Å²) in [5, 5.41) is 7.62. The Kier molecular flexibility index (Phi) is 6.32. The van der Waals surface area contributed by atoms with Crippen molar-refractivity contribution in [2.24, 2.45) is 18.0 Å². The molecule has 1 fully saturated rings. The Morgan fingerprint density at radius 3 is 3.04 bits per heavy atom. The first kappa shape index (κ1) is 19.2. The van der Waals surface area contributed by atoms with Gasteiger partial charge in [-0.05, 0) is 43.4 Å². The maximum Gasteiger partial charge on any atom is 0.193 e. The number of nitrogens with one attached hydrogen (secondary N) is 1. The molecule has 6 nitrogen and oxygen atoms in total. The van der Waals surface area contributed by atoms with Gasteiger partial charge >= 0.3 is 0 Å². The van der Waals surface area contributed by atoms with Crippen LogP contribution in [0.3, 0.4) is 0 Å². The van der Waals surface area contributed by atoms with E-state index in [1.807, 2.05) is 24.9 Å². The van der Waals surface area contributed by atoms with Crippen LogP contribution in [0, 0.1) is 11.7 Å². The van der Waals surface area contributed by atoms with Crippen LogP contribution in [-0.2, 0) is 13.5 Å². The summed E-state index contributed by atoms with van der Waals surface area (Å²) < 4.78 is 20.9. The summed E-state index contributed by atoms with van der Waals surface area (Å²) in [6.07, 6.45) is 6.12. The van der Waals surface area contributed by atoms with E-state index in [9.17, 15) is 4.39 Å². The lowest BCUT2D eigenvalue weighted by molar-refractivity contribution is 0.221. The van der Waals surface area contributed by atoms with Crippen molar-refractivity contribution in [1.82, 2.24) is 20.0 Å². The first-order chi connectivity index (χ1) is 13.0. The number of ether oxygens (including phenoxy) is 1. The minimum atomic E-state index is -0.291. The van der Waals surface area contributed by atoms with Crippen LogP contribution in [0.4, 0.5) is 4.39 Å². The zero-order chi connectivity index (χ0) is 19.2. The molecule has 2 aromatic rings. The third kappa shape index (κ3) is 5.45. The van der Waals surface area contributed by atoms with Gasteiger partial charge in [0, 0.05) is 39.4 Å². The van der Waals surface area contributed by atoms with Crippen LogP contribution in [0.25, 0.3) is 0 Å². The van der Waals surface area contributed by atoms with Crippen LogP contribution in [0.1, 0.15) is 18.9 Å². The quantitative estimate of drug-likeness (QED) is 0.624. The highest BCUT2D eigenvalue weighted by molar-refractivity contribution is 5.80.